The lowest BCUT2D eigenvalue weighted by molar-refractivity contribution is -0.143. The Bertz CT molecular complexity index is 1410. The Morgan fingerprint density at radius 3 is 2.71 bits per heavy atom. The molecule has 34 heavy (non-hydrogen) atoms. The number of thiazole rings is 1. The van der Waals surface area contributed by atoms with Crippen molar-refractivity contribution in [3.05, 3.63) is 39.5 Å². The standard InChI is InChI=1S/C21H22ClN3O6S3/c1-3-31-18(26)12-24-14-7-6-13(30-2)11-16(14)32-21(24)23-20(27)15-5-4-10-25(15)34(28,29)19-9-8-17(22)33-19/h6-9,11,15H,3-5,10,12H2,1-2H3. The Balaban J connectivity index is 1.73. The van der Waals surface area contributed by atoms with Crippen LogP contribution in [0.1, 0.15) is 19.8 Å². The third-order valence-electron chi connectivity index (χ3n) is 5.29. The minimum absolute atomic E-state index is 0.0866. The monoisotopic (exact) mass is 543 g/mol. The summed E-state index contributed by atoms with van der Waals surface area (Å²) in [4.78, 5) is 30.0. The van der Waals surface area contributed by atoms with Gasteiger partial charge in [-0.2, -0.15) is 9.30 Å². The predicted molar refractivity (Wildman–Crippen MR) is 130 cm³/mol. The number of carbonyl (C=O) groups excluding carboxylic acids is 2. The SMILES string of the molecule is CCOC(=O)Cn1c(=NC(=O)C2CCCN2S(=O)(=O)c2ccc(Cl)s2)sc2cc(OC)ccc21. The van der Waals surface area contributed by atoms with E-state index in [4.69, 9.17) is 21.1 Å². The maximum atomic E-state index is 13.2. The fourth-order valence-corrected chi connectivity index (χ4v) is 8.08. The average molecular weight is 544 g/mol. The van der Waals surface area contributed by atoms with Crippen LogP contribution in [0.4, 0.5) is 0 Å². The highest BCUT2D eigenvalue weighted by Crippen LogP contribution is 2.32. The van der Waals surface area contributed by atoms with E-state index in [1.807, 2.05) is 0 Å². The predicted octanol–water partition coefficient (Wildman–Crippen LogP) is 3.27. The van der Waals surface area contributed by atoms with Crippen LogP contribution in [0.3, 0.4) is 0 Å². The van der Waals surface area contributed by atoms with Crippen molar-refractivity contribution in [1.29, 1.82) is 0 Å². The van der Waals surface area contributed by atoms with Crippen LogP contribution < -0.4 is 9.54 Å². The molecule has 1 aliphatic rings. The number of fused-ring (bicyclic) bond motifs is 1. The van der Waals surface area contributed by atoms with E-state index in [1.165, 1.54) is 27.8 Å². The summed E-state index contributed by atoms with van der Waals surface area (Å²) in [6, 6.07) is 7.34. The van der Waals surface area contributed by atoms with Crippen LogP contribution in [0.15, 0.2) is 39.5 Å². The van der Waals surface area contributed by atoms with Crippen molar-refractivity contribution >= 4 is 66.4 Å². The Morgan fingerprint density at radius 1 is 1.24 bits per heavy atom. The molecule has 1 saturated heterocycles. The van der Waals surface area contributed by atoms with Gasteiger partial charge in [0.2, 0.25) is 0 Å². The van der Waals surface area contributed by atoms with E-state index in [2.05, 4.69) is 4.99 Å². The molecule has 0 saturated carbocycles. The molecule has 13 heteroatoms. The zero-order chi connectivity index (χ0) is 24.5. The molecule has 9 nitrogen and oxygen atoms in total. The van der Waals surface area contributed by atoms with Gasteiger partial charge in [0.1, 0.15) is 22.5 Å². The number of hydrogen-bond donors (Lipinski definition) is 0. The summed E-state index contributed by atoms with van der Waals surface area (Å²) >= 11 is 8.08. The smallest absolute Gasteiger partial charge is 0.326 e. The highest BCUT2D eigenvalue weighted by Gasteiger charge is 2.40. The number of benzene rings is 1. The third-order valence-corrected chi connectivity index (χ3v) is 9.94. The zero-order valence-corrected chi connectivity index (χ0v) is 21.6. The number of methoxy groups -OCH3 is 1. The fourth-order valence-electron chi connectivity index (χ4n) is 3.75. The van der Waals surface area contributed by atoms with Crippen molar-refractivity contribution in [2.24, 2.45) is 4.99 Å². The van der Waals surface area contributed by atoms with Gasteiger partial charge in [0.15, 0.2) is 4.80 Å². The van der Waals surface area contributed by atoms with Crippen LogP contribution in [-0.4, -0.2) is 55.5 Å². The average Bonchev–Trinajstić information content (AvgIpc) is 3.53. The maximum Gasteiger partial charge on any atom is 0.326 e. The van der Waals surface area contributed by atoms with Gasteiger partial charge >= 0.3 is 5.97 Å². The molecule has 1 amide bonds. The van der Waals surface area contributed by atoms with E-state index in [0.717, 1.165) is 16.0 Å². The zero-order valence-electron chi connectivity index (χ0n) is 18.4. The van der Waals surface area contributed by atoms with Gasteiger partial charge in [0, 0.05) is 6.54 Å². The van der Waals surface area contributed by atoms with Crippen LogP contribution >= 0.6 is 34.3 Å². The number of hydrogen-bond acceptors (Lipinski definition) is 8. The van der Waals surface area contributed by atoms with E-state index in [0.29, 0.717) is 28.4 Å². The fraction of sp³-hybridized carbons (Fsp3) is 0.381. The van der Waals surface area contributed by atoms with Crippen molar-refractivity contribution in [1.82, 2.24) is 8.87 Å². The second kappa shape index (κ2) is 10.2. The molecule has 0 N–H and O–H groups in total. The molecule has 0 bridgehead atoms. The number of sulfonamides is 1. The summed E-state index contributed by atoms with van der Waals surface area (Å²) in [5, 5.41) is 0. The lowest BCUT2D eigenvalue weighted by Crippen LogP contribution is -2.40. The molecule has 1 aliphatic heterocycles. The van der Waals surface area contributed by atoms with Crippen LogP contribution in [0.5, 0.6) is 5.75 Å². The van der Waals surface area contributed by atoms with Crippen molar-refractivity contribution in [2.75, 3.05) is 20.3 Å². The quantitative estimate of drug-likeness (QED) is 0.423. The number of amides is 1. The Morgan fingerprint density at radius 2 is 2.03 bits per heavy atom. The molecule has 2 aromatic heterocycles. The van der Waals surface area contributed by atoms with Gasteiger partial charge in [-0.1, -0.05) is 22.9 Å². The Hall–Kier alpha value is -2.25. The highest BCUT2D eigenvalue weighted by molar-refractivity contribution is 7.91. The Labute approximate surface area is 209 Å². The number of ether oxygens (including phenoxy) is 2. The first-order chi connectivity index (χ1) is 16.2. The minimum Gasteiger partial charge on any atom is -0.497 e. The number of halogens is 1. The Kier molecular flexibility index (Phi) is 7.43. The molecule has 0 aliphatic carbocycles. The summed E-state index contributed by atoms with van der Waals surface area (Å²) in [5.41, 5.74) is 0.689. The minimum atomic E-state index is -3.88. The number of esters is 1. The normalized spacial score (nSPS) is 17.4. The molecule has 1 atom stereocenters. The van der Waals surface area contributed by atoms with Crippen LogP contribution in [0, 0.1) is 0 Å². The second-order valence-corrected chi connectivity index (χ2v) is 12.2. The molecular weight excluding hydrogens is 522 g/mol. The van der Waals surface area contributed by atoms with Gasteiger partial charge in [0.25, 0.3) is 15.9 Å². The highest BCUT2D eigenvalue weighted by atomic mass is 35.5. The van der Waals surface area contributed by atoms with Crippen molar-refractivity contribution < 1.29 is 27.5 Å². The van der Waals surface area contributed by atoms with Crippen LogP contribution in [-0.2, 0) is 30.9 Å². The van der Waals surface area contributed by atoms with Gasteiger partial charge in [-0.15, -0.1) is 11.3 Å². The molecular formula is C21H22ClN3O6S3. The molecule has 182 valence electrons. The molecule has 3 heterocycles. The van der Waals surface area contributed by atoms with E-state index in [-0.39, 0.29) is 28.7 Å². The van der Waals surface area contributed by atoms with Crippen LogP contribution in [0.2, 0.25) is 4.34 Å². The first-order valence-electron chi connectivity index (χ1n) is 10.4. The first-order valence-corrected chi connectivity index (χ1v) is 13.9. The summed E-state index contributed by atoms with van der Waals surface area (Å²) in [6.07, 6.45) is 0.897. The summed E-state index contributed by atoms with van der Waals surface area (Å²) in [7, 11) is -2.33. The number of nitrogens with zero attached hydrogens (tertiary/aromatic N) is 3. The molecule has 0 spiro atoms. The van der Waals surface area contributed by atoms with E-state index >= 15 is 0 Å². The first kappa shape index (κ1) is 24.9. The van der Waals surface area contributed by atoms with Gasteiger partial charge < -0.3 is 14.0 Å². The van der Waals surface area contributed by atoms with E-state index in [9.17, 15) is 18.0 Å². The molecule has 3 aromatic rings. The summed E-state index contributed by atoms with van der Waals surface area (Å²) in [6.45, 7) is 2.02. The molecule has 4 rings (SSSR count). The lowest BCUT2D eigenvalue weighted by atomic mass is 10.2. The lowest BCUT2D eigenvalue weighted by Gasteiger charge is -2.20. The molecule has 0 radical (unpaired) electrons. The van der Waals surface area contributed by atoms with E-state index in [1.54, 1.807) is 36.8 Å². The van der Waals surface area contributed by atoms with Crippen molar-refractivity contribution in [3.63, 3.8) is 0 Å². The largest absolute Gasteiger partial charge is 0.497 e. The molecule has 1 fully saturated rings. The number of carbonyl (C=O) groups is 2. The number of thiophene rings is 1. The van der Waals surface area contributed by atoms with Gasteiger partial charge in [0.05, 0.1) is 28.3 Å². The second-order valence-electron chi connectivity index (χ2n) is 7.39. The summed E-state index contributed by atoms with van der Waals surface area (Å²) in [5.74, 6) is -0.427. The van der Waals surface area contributed by atoms with Crippen molar-refractivity contribution in [2.45, 2.75) is 36.6 Å². The van der Waals surface area contributed by atoms with E-state index < -0.39 is 27.9 Å². The van der Waals surface area contributed by atoms with Gasteiger partial charge in [-0.25, -0.2) is 8.42 Å². The van der Waals surface area contributed by atoms with Crippen LogP contribution in [0.25, 0.3) is 10.2 Å². The maximum absolute atomic E-state index is 13.2. The topological polar surface area (TPSA) is 107 Å². The molecule has 1 aromatic carbocycles. The summed E-state index contributed by atoms with van der Waals surface area (Å²) < 4.78 is 40.6. The number of aromatic nitrogens is 1. The van der Waals surface area contributed by atoms with Gasteiger partial charge in [-0.05, 0) is 50.1 Å². The van der Waals surface area contributed by atoms with Gasteiger partial charge in [-0.3, -0.25) is 9.59 Å². The van der Waals surface area contributed by atoms with Crippen molar-refractivity contribution in [3.8, 4) is 5.75 Å². The number of rotatable bonds is 7. The molecule has 1 unspecified atom stereocenters. The third kappa shape index (κ3) is 4.91.